The van der Waals surface area contributed by atoms with Crippen LogP contribution in [-0.4, -0.2) is 4.92 Å². The molecule has 0 heterocycles. The summed E-state index contributed by atoms with van der Waals surface area (Å²) in [6, 6.07) is 3.21. The molecule has 0 amide bonds. The summed E-state index contributed by atoms with van der Waals surface area (Å²) in [6.07, 6.45) is 0. The van der Waals surface area contributed by atoms with Crippen molar-refractivity contribution >= 4 is 5.69 Å². The highest BCUT2D eigenvalue weighted by molar-refractivity contribution is 5.64. The van der Waals surface area contributed by atoms with Crippen molar-refractivity contribution in [3.63, 3.8) is 0 Å². The smallest absolute Gasteiger partial charge is 0.258 e. The van der Waals surface area contributed by atoms with Crippen molar-refractivity contribution in [2.24, 2.45) is 0 Å². The first kappa shape index (κ1) is 5.07. The van der Waals surface area contributed by atoms with E-state index in [-0.39, 0.29) is 23.3 Å². The fourth-order valence-corrected chi connectivity index (χ4v) is 1.14. The maximum absolute atomic E-state index is 10.6. The zero-order valence-corrected chi connectivity index (χ0v) is 7.57. The summed E-state index contributed by atoms with van der Waals surface area (Å²) >= 11 is 0. The summed E-state index contributed by atoms with van der Waals surface area (Å²) in [5, 5.41) is 10.6. The van der Waals surface area contributed by atoms with E-state index in [1.807, 2.05) is 0 Å². The molecule has 0 N–H and O–H groups in total. The minimum Gasteiger partial charge on any atom is -0.258 e. The van der Waals surface area contributed by atoms with Gasteiger partial charge in [-0.3, -0.25) is 10.1 Å². The Labute approximate surface area is 94.2 Å². The number of hydrogen-bond acceptors (Lipinski definition) is 2. The molecule has 0 aliphatic carbocycles. The molecule has 3 heteroatoms. The van der Waals surface area contributed by atoms with Gasteiger partial charge in [-0.25, -0.2) is 0 Å². The lowest BCUT2D eigenvalue weighted by Crippen LogP contribution is -1.86. The molecule has 0 saturated carbocycles. The lowest BCUT2D eigenvalue weighted by molar-refractivity contribution is -0.384. The van der Waals surface area contributed by atoms with Gasteiger partial charge in [-0.1, -0.05) is 30.2 Å². The fourth-order valence-electron chi connectivity index (χ4n) is 1.14. The van der Waals surface area contributed by atoms with Crippen LogP contribution >= 0.6 is 0 Å². The zero-order chi connectivity index (χ0) is 15.0. The third-order valence-corrected chi connectivity index (χ3v) is 1.87. The van der Waals surface area contributed by atoms with Crippen LogP contribution in [0.3, 0.4) is 0 Å². The summed E-state index contributed by atoms with van der Waals surface area (Å²) in [5.41, 5.74) is 0.250. The van der Waals surface area contributed by atoms with E-state index in [2.05, 4.69) is 0 Å². The van der Waals surface area contributed by atoms with Crippen LogP contribution in [0.25, 0.3) is 11.1 Å². The van der Waals surface area contributed by atoms with Gasteiger partial charge in [-0.15, -0.1) is 0 Å². The SMILES string of the molecule is [2H]c1c([2H])c([2H])c(-c2ccc([N+](=O)[O-])cc2)c([2H])c1[2H]. The van der Waals surface area contributed by atoms with Crippen LogP contribution in [0.5, 0.6) is 0 Å². The van der Waals surface area contributed by atoms with E-state index in [1.165, 1.54) is 24.3 Å². The van der Waals surface area contributed by atoms with Gasteiger partial charge in [0.15, 0.2) is 0 Å². The molecule has 3 nitrogen and oxygen atoms in total. The number of nitrogens with zero attached hydrogens (tertiary/aromatic N) is 1. The number of benzene rings is 2. The molecule has 15 heavy (non-hydrogen) atoms. The van der Waals surface area contributed by atoms with Gasteiger partial charge in [-0.05, 0) is 23.3 Å². The maximum atomic E-state index is 10.6. The maximum Gasteiger partial charge on any atom is 0.269 e. The van der Waals surface area contributed by atoms with E-state index in [0.29, 0.717) is 5.56 Å². The van der Waals surface area contributed by atoms with E-state index in [9.17, 15) is 10.1 Å². The Bertz CT molecular complexity index is 671. The third-order valence-electron chi connectivity index (χ3n) is 1.87. The highest BCUT2D eigenvalue weighted by Gasteiger charge is 2.04. The van der Waals surface area contributed by atoms with Crippen molar-refractivity contribution in [2.75, 3.05) is 0 Å². The topological polar surface area (TPSA) is 43.1 Å². The van der Waals surface area contributed by atoms with Crippen LogP contribution in [0, 0.1) is 10.1 Å². The minimum atomic E-state index is -0.564. The third kappa shape index (κ3) is 2.02. The molecule has 0 saturated heterocycles. The predicted octanol–water partition coefficient (Wildman–Crippen LogP) is 3.26. The molecule has 2 aromatic rings. The fraction of sp³-hybridized carbons (Fsp3) is 0. The van der Waals surface area contributed by atoms with Crippen molar-refractivity contribution in [1.29, 1.82) is 0 Å². The van der Waals surface area contributed by atoms with Crippen LogP contribution in [0.4, 0.5) is 5.69 Å². The largest absolute Gasteiger partial charge is 0.269 e. The Kier molecular flexibility index (Phi) is 1.33. The summed E-state index contributed by atoms with van der Waals surface area (Å²) in [6.45, 7) is 0. The van der Waals surface area contributed by atoms with Crippen molar-refractivity contribution in [2.45, 2.75) is 0 Å². The normalized spacial score (nSPS) is 14.5. The number of nitro benzene ring substituents is 1. The average molecular weight is 204 g/mol. The van der Waals surface area contributed by atoms with Crippen molar-refractivity contribution < 1.29 is 11.8 Å². The predicted molar refractivity (Wildman–Crippen MR) is 58.5 cm³/mol. The van der Waals surface area contributed by atoms with Gasteiger partial charge in [0, 0.05) is 12.1 Å². The Balaban J connectivity index is 2.67. The minimum absolute atomic E-state index is 0.0332. The quantitative estimate of drug-likeness (QED) is 0.556. The molecule has 0 bridgehead atoms. The van der Waals surface area contributed by atoms with Crippen LogP contribution in [0.2, 0.25) is 0 Å². The molecule has 0 aliphatic heterocycles. The van der Waals surface area contributed by atoms with Gasteiger partial charge in [0.25, 0.3) is 5.69 Å². The van der Waals surface area contributed by atoms with Crippen LogP contribution < -0.4 is 0 Å². The second kappa shape index (κ2) is 3.92. The second-order valence-corrected chi connectivity index (χ2v) is 2.80. The second-order valence-electron chi connectivity index (χ2n) is 2.80. The number of rotatable bonds is 2. The average Bonchev–Trinajstić information content (AvgIpc) is 2.44. The van der Waals surface area contributed by atoms with E-state index >= 15 is 0 Å². The summed E-state index contributed by atoms with van der Waals surface area (Å²) in [4.78, 5) is 10.0. The van der Waals surface area contributed by atoms with E-state index in [4.69, 9.17) is 6.85 Å². The van der Waals surface area contributed by atoms with Crippen LogP contribution in [0.15, 0.2) is 54.5 Å². The monoisotopic (exact) mass is 204 g/mol. The number of hydrogen-bond donors (Lipinski definition) is 0. The van der Waals surface area contributed by atoms with Crippen LogP contribution in [0.1, 0.15) is 6.85 Å². The Hall–Kier alpha value is -2.16. The molecule has 0 atom stereocenters. The first-order chi connectivity index (χ1) is 9.34. The molecular formula is C12H9NO2. The standard InChI is InChI=1S/C12H9NO2/c14-13(15)12-8-6-11(7-9-12)10-4-2-1-3-5-10/h1-9H/i1D,2D,3D,4D,5D. The van der Waals surface area contributed by atoms with Gasteiger partial charge in [0.2, 0.25) is 0 Å². The molecule has 0 radical (unpaired) electrons. The van der Waals surface area contributed by atoms with E-state index in [0.717, 1.165) is 0 Å². The number of nitro groups is 1. The molecule has 0 spiro atoms. The van der Waals surface area contributed by atoms with Crippen molar-refractivity contribution in [3.05, 3.63) is 64.6 Å². The summed E-state index contributed by atoms with van der Waals surface area (Å²) in [7, 11) is 0. The lowest BCUT2D eigenvalue weighted by Gasteiger charge is -1.99. The van der Waals surface area contributed by atoms with Crippen molar-refractivity contribution in [3.8, 4) is 11.1 Å². The van der Waals surface area contributed by atoms with Gasteiger partial charge in [0.1, 0.15) is 0 Å². The molecule has 0 aromatic heterocycles. The summed E-state index contributed by atoms with van der Waals surface area (Å²) < 4.78 is 38.3. The molecule has 2 aromatic carbocycles. The highest BCUT2D eigenvalue weighted by atomic mass is 16.6. The lowest BCUT2D eigenvalue weighted by atomic mass is 10.1. The first-order valence-corrected chi connectivity index (χ1v) is 4.16. The highest BCUT2D eigenvalue weighted by Crippen LogP contribution is 2.21. The molecule has 74 valence electrons. The van der Waals surface area contributed by atoms with Gasteiger partial charge in [-0.2, -0.15) is 0 Å². The Morgan fingerprint density at radius 2 is 1.60 bits per heavy atom. The van der Waals surface area contributed by atoms with Gasteiger partial charge >= 0.3 is 0 Å². The Morgan fingerprint density at radius 3 is 2.13 bits per heavy atom. The zero-order valence-electron chi connectivity index (χ0n) is 12.6. The van der Waals surface area contributed by atoms with E-state index in [1.54, 1.807) is 0 Å². The molecule has 0 aliphatic rings. The Morgan fingerprint density at radius 1 is 1.00 bits per heavy atom. The van der Waals surface area contributed by atoms with Gasteiger partial charge in [0.05, 0.1) is 11.8 Å². The van der Waals surface area contributed by atoms with E-state index < -0.39 is 23.1 Å². The van der Waals surface area contributed by atoms with Crippen molar-refractivity contribution in [1.82, 2.24) is 0 Å². The molecule has 0 fully saturated rings. The van der Waals surface area contributed by atoms with Gasteiger partial charge < -0.3 is 0 Å². The number of non-ortho nitro benzene ring substituents is 1. The molecule has 2 rings (SSSR count). The molecule has 0 unspecified atom stereocenters. The summed E-state index contributed by atoms with van der Waals surface area (Å²) in [5.74, 6) is 0. The van der Waals surface area contributed by atoms with Crippen LogP contribution in [-0.2, 0) is 0 Å². The molecular weight excluding hydrogens is 190 g/mol. The first-order valence-electron chi connectivity index (χ1n) is 6.66.